The van der Waals surface area contributed by atoms with E-state index in [1.807, 2.05) is 51.3 Å². The van der Waals surface area contributed by atoms with Crippen LogP contribution in [0.3, 0.4) is 0 Å². The number of rotatable bonds is 2. The summed E-state index contributed by atoms with van der Waals surface area (Å²) in [5.74, 6) is 0.882. The Balaban J connectivity index is 1.85. The van der Waals surface area contributed by atoms with E-state index >= 15 is 0 Å². The molecular weight excluding hydrogens is 258 g/mol. The van der Waals surface area contributed by atoms with E-state index in [2.05, 4.69) is 15.1 Å². The lowest BCUT2D eigenvalue weighted by molar-refractivity contribution is 0.961. The van der Waals surface area contributed by atoms with Gasteiger partial charge in [0.1, 0.15) is 17.2 Å². The Morgan fingerprint density at radius 2 is 2.16 bits per heavy atom. The van der Waals surface area contributed by atoms with Crippen molar-refractivity contribution in [2.75, 3.05) is 0 Å². The van der Waals surface area contributed by atoms with Crippen LogP contribution >= 0.6 is 11.3 Å². The second-order valence-electron chi connectivity index (χ2n) is 4.07. The number of hydrogen-bond acceptors (Lipinski definition) is 4. The molecular formula is C13H9N5S. The highest BCUT2D eigenvalue weighted by Gasteiger charge is 2.10. The molecule has 0 aromatic carbocycles. The fraction of sp³-hybridized carbons (Fsp3) is 0. The van der Waals surface area contributed by atoms with Gasteiger partial charge in [0.25, 0.3) is 0 Å². The lowest BCUT2D eigenvalue weighted by atomic mass is 10.3. The number of hydrogen-bond donors (Lipinski definition) is 0. The van der Waals surface area contributed by atoms with Crippen LogP contribution in [0.5, 0.6) is 0 Å². The molecule has 4 heterocycles. The van der Waals surface area contributed by atoms with Gasteiger partial charge in [-0.25, -0.2) is 14.5 Å². The first-order valence-corrected chi connectivity index (χ1v) is 6.66. The Kier molecular flexibility index (Phi) is 2.22. The largest absolute Gasteiger partial charge is 0.290 e. The Labute approximate surface area is 112 Å². The molecule has 4 aromatic heterocycles. The van der Waals surface area contributed by atoms with Crippen molar-refractivity contribution >= 4 is 16.9 Å². The molecule has 0 amide bonds. The van der Waals surface area contributed by atoms with Crippen LogP contribution in [0, 0.1) is 0 Å². The molecule has 0 radical (unpaired) electrons. The second kappa shape index (κ2) is 4.03. The Hall–Kier alpha value is -2.47. The van der Waals surface area contributed by atoms with E-state index in [9.17, 15) is 0 Å². The molecule has 92 valence electrons. The van der Waals surface area contributed by atoms with Gasteiger partial charge in [0.15, 0.2) is 0 Å². The van der Waals surface area contributed by atoms with Crippen molar-refractivity contribution in [1.29, 1.82) is 0 Å². The second-order valence-corrected chi connectivity index (χ2v) is 4.93. The van der Waals surface area contributed by atoms with Gasteiger partial charge in [-0.3, -0.25) is 4.57 Å². The summed E-state index contributed by atoms with van der Waals surface area (Å²) in [5, 5.41) is 7.31. The molecule has 0 fully saturated rings. The number of thiazole rings is 1. The normalized spacial score (nSPS) is 11.2. The minimum atomic E-state index is 0.882. The van der Waals surface area contributed by atoms with Crippen LogP contribution in [0.25, 0.3) is 21.9 Å². The van der Waals surface area contributed by atoms with Crippen LogP contribution in [0.2, 0.25) is 0 Å². The maximum atomic E-state index is 4.63. The Morgan fingerprint density at radius 1 is 1.16 bits per heavy atom. The van der Waals surface area contributed by atoms with E-state index in [-0.39, 0.29) is 0 Å². The number of pyridine rings is 1. The van der Waals surface area contributed by atoms with E-state index in [1.165, 1.54) is 0 Å². The summed E-state index contributed by atoms with van der Waals surface area (Å²) in [6.07, 6.45) is 9.16. The standard InChI is InChI=1S/C13H9N5S/c1-2-5-18-11(3-1)10(7-15-18)13-16-12(8-19-13)17-6-4-14-9-17/h1-9H. The van der Waals surface area contributed by atoms with Crippen LogP contribution < -0.4 is 0 Å². The van der Waals surface area contributed by atoms with E-state index in [0.29, 0.717) is 0 Å². The smallest absolute Gasteiger partial charge is 0.149 e. The predicted molar refractivity (Wildman–Crippen MR) is 73.4 cm³/mol. The summed E-state index contributed by atoms with van der Waals surface area (Å²) in [5.41, 5.74) is 2.12. The summed E-state index contributed by atoms with van der Waals surface area (Å²) in [6.45, 7) is 0. The van der Waals surface area contributed by atoms with Gasteiger partial charge < -0.3 is 0 Å². The first-order valence-electron chi connectivity index (χ1n) is 5.78. The van der Waals surface area contributed by atoms with Crippen molar-refractivity contribution in [2.24, 2.45) is 0 Å². The van der Waals surface area contributed by atoms with Crippen LogP contribution in [0.4, 0.5) is 0 Å². The van der Waals surface area contributed by atoms with Crippen LogP contribution in [0.1, 0.15) is 0 Å². The molecule has 0 spiro atoms. The Morgan fingerprint density at radius 3 is 3.05 bits per heavy atom. The number of fused-ring (bicyclic) bond motifs is 1. The van der Waals surface area contributed by atoms with E-state index in [0.717, 1.165) is 21.9 Å². The minimum Gasteiger partial charge on any atom is -0.290 e. The topological polar surface area (TPSA) is 48.0 Å². The maximum Gasteiger partial charge on any atom is 0.149 e. The zero-order valence-electron chi connectivity index (χ0n) is 9.84. The van der Waals surface area contributed by atoms with Crippen molar-refractivity contribution in [3.8, 4) is 16.4 Å². The van der Waals surface area contributed by atoms with E-state index < -0.39 is 0 Å². The molecule has 0 unspecified atom stereocenters. The molecule has 6 heteroatoms. The average Bonchev–Trinajstić information content (AvgIpc) is 3.18. The molecule has 19 heavy (non-hydrogen) atoms. The van der Waals surface area contributed by atoms with Crippen molar-refractivity contribution < 1.29 is 0 Å². The summed E-state index contributed by atoms with van der Waals surface area (Å²) < 4.78 is 3.75. The lowest BCUT2D eigenvalue weighted by Crippen LogP contribution is -1.89. The molecule has 0 aliphatic rings. The molecule has 0 aliphatic carbocycles. The molecule has 0 aliphatic heterocycles. The molecule has 0 saturated carbocycles. The number of aromatic nitrogens is 5. The van der Waals surface area contributed by atoms with E-state index in [4.69, 9.17) is 0 Å². The summed E-state index contributed by atoms with van der Waals surface area (Å²) >= 11 is 1.61. The highest BCUT2D eigenvalue weighted by atomic mass is 32.1. The van der Waals surface area contributed by atoms with Gasteiger partial charge in [0.05, 0.1) is 17.3 Å². The third kappa shape index (κ3) is 1.65. The SMILES string of the molecule is c1ccn2ncc(-c3nc(-n4ccnc4)cs3)c2c1. The minimum absolute atomic E-state index is 0.882. The van der Waals surface area contributed by atoms with Crippen LogP contribution in [-0.2, 0) is 0 Å². The van der Waals surface area contributed by atoms with Gasteiger partial charge in [-0.1, -0.05) is 6.07 Å². The molecule has 5 nitrogen and oxygen atoms in total. The molecule has 0 bridgehead atoms. The quantitative estimate of drug-likeness (QED) is 0.561. The fourth-order valence-electron chi connectivity index (χ4n) is 2.00. The monoisotopic (exact) mass is 267 g/mol. The zero-order chi connectivity index (χ0) is 12.7. The van der Waals surface area contributed by atoms with Gasteiger partial charge in [-0.05, 0) is 12.1 Å². The fourth-order valence-corrected chi connectivity index (χ4v) is 2.82. The molecule has 0 saturated heterocycles. The van der Waals surface area contributed by atoms with Gasteiger partial charge >= 0.3 is 0 Å². The number of imidazole rings is 1. The van der Waals surface area contributed by atoms with Crippen LogP contribution in [0.15, 0.2) is 54.7 Å². The average molecular weight is 267 g/mol. The lowest BCUT2D eigenvalue weighted by Gasteiger charge is -1.95. The van der Waals surface area contributed by atoms with Gasteiger partial charge in [0.2, 0.25) is 0 Å². The number of nitrogens with zero attached hydrogens (tertiary/aromatic N) is 5. The first-order chi connectivity index (χ1) is 9.42. The van der Waals surface area contributed by atoms with Crippen molar-refractivity contribution in [1.82, 2.24) is 24.1 Å². The summed E-state index contributed by atoms with van der Waals surface area (Å²) in [7, 11) is 0. The Bertz CT molecular complexity index is 828. The maximum absolute atomic E-state index is 4.63. The highest BCUT2D eigenvalue weighted by Crippen LogP contribution is 2.28. The third-order valence-corrected chi connectivity index (χ3v) is 3.78. The molecule has 4 aromatic rings. The van der Waals surface area contributed by atoms with Gasteiger partial charge in [-0.2, -0.15) is 5.10 Å². The van der Waals surface area contributed by atoms with Crippen molar-refractivity contribution in [3.05, 3.63) is 54.7 Å². The van der Waals surface area contributed by atoms with Crippen molar-refractivity contribution in [2.45, 2.75) is 0 Å². The molecule has 0 atom stereocenters. The molecule has 0 N–H and O–H groups in total. The summed E-state index contributed by atoms with van der Waals surface area (Å²) in [6, 6.07) is 6.01. The zero-order valence-corrected chi connectivity index (χ0v) is 10.7. The van der Waals surface area contributed by atoms with Gasteiger partial charge in [0, 0.05) is 24.0 Å². The summed E-state index contributed by atoms with van der Waals surface area (Å²) in [4.78, 5) is 8.67. The van der Waals surface area contributed by atoms with E-state index in [1.54, 1.807) is 23.9 Å². The third-order valence-electron chi connectivity index (χ3n) is 2.92. The van der Waals surface area contributed by atoms with Crippen molar-refractivity contribution in [3.63, 3.8) is 0 Å². The first kappa shape index (κ1) is 10.5. The predicted octanol–water partition coefficient (Wildman–Crippen LogP) is 2.64. The highest BCUT2D eigenvalue weighted by molar-refractivity contribution is 7.13. The molecule has 4 rings (SSSR count). The van der Waals surface area contributed by atoms with Gasteiger partial charge in [-0.15, -0.1) is 11.3 Å². The van der Waals surface area contributed by atoms with Crippen LogP contribution in [-0.4, -0.2) is 24.1 Å².